The summed E-state index contributed by atoms with van der Waals surface area (Å²) in [5.74, 6) is 0.495. The molecular weight excluding hydrogens is 352 g/mol. The molecule has 3 N–H and O–H groups in total. The van der Waals surface area contributed by atoms with Gasteiger partial charge >= 0.3 is 0 Å². The lowest BCUT2D eigenvalue weighted by Crippen LogP contribution is -2.46. The van der Waals surface area contributed by atoms with Gasteiger partial charge in [0.2, 0.25) is 0 Å². The number of carbonyl (C=O) groups is 1. The van der Waals surface area contributed by atoms with Crippen LogP contribution in [0.4, 0.5) is 17.1 Å². The van der Waals surface area contributed by atoms with Crippen molar-refractivity contribution in [2.45, 2.75) is 20.3 Å². The number of hydrogen-bond acceptors (Lipinski definition) is 5. The molecule has 6 nitrogen and oxygen atoms in total. The van der Waals surface area contributed by atoms with Crippen molar-refractivity contribution >= 4 is 23.0 Å². The monoisotopic (exact) mass is 382 g/mol. The van der Waals surface area contributed by atoms with E-state index in [9.17, 15) is 4.79 Å². The lowest BCUT2D eigenvalue weighted by atomic mass is 10.2. The molecule has 2 aromatic carbocycles. The number of amides is 1. The molecule has 1 fully saturated rings. The largest absolute Gasteiger partial charge is 0.484 e. The Morgan fingerprint density at radius 2 is 1.79 bits per heavy atom. The molecule has 1 saturated heterocycles. The Bertz CT molecular complexity index is 784. The number of nitrogens with two attached hydrogens (primary N) is 1. The molecular formula is C22H30N4O2. The molecule has 6 heteroatoms. The highest BCUT2D eigenvalue weighted by atomic mass is 16.5. The zero-order valence-corrected chi connectivity index (χ0v) is 16.8. The minimum absolute atomic E-state index is 0.0384. The first-order chi connectivity index (χ1) is 13.6. The van der Waals surface area contributed by atoms with E-state index in [1.807, 2.05) is 42.5 Å². The molecule has 1 aliphatic rings. The first-order valence-corrected chi connectivity index (χ1v) is 9.97. The third-order valence-electron chi connectivity index (χ3n) is 5.16. The fraction of sp³-hybridized carbons (Fsp3) is 0.409. The SMILES string of the molecule is CCc1ccc(OCC(=O)Nc2cc(N)ccc2N2CCN(CC)CC2)cc1. The van der Waals surface area contributed by atoms with Gasteiger partial charge in [-0.05, 0) is 48.9 Å². The van der Waals surface area contributed by atoms with E-state index in [-0.39, 0.29) is 12.5 Å². The van der Waals surface area contributed by atoms with Crippen LogP contribution in [0.5, 0.6) is 5.75 Å². The summed E-state index contributed by atoms with van der Waals surface area (Å²) >= 11 is 0. The predicted octanol–water partition coefficient (Wildman–Crippen LogP) is 2.99. The van der Waals surface area contributed by atoms with Crippen molar-refractivity contribution in [3.63, 3.8) is 0 Å². The quantitative estimate of drug-likeness (QED) is 0.721. The number of benzene rings is 2. The van der Waals surface area contributed by atoms with Gasteiger partial charge in [-0.25, -0.2) is 0 Å². The molecule has 0 aromatic heterocycles. The fourth-order valence-corrected chi connectivity index (χ4v) is 3.39. The van der Waals surface area contributed by atoms with Gasteiger partial charge in [0.1, 0.15) is 5.75 Å². The first-order valence-electron chi connectivity index (χ1n) is 9.97. The maximum Gasteiger partial charge on any atom is 0.262 e. The molecule has 1 amide bonds. The smallest absolute Gasteiger partial charge is 0.262 e. The Morgan fingerprint density at radius 3 is 2.43 bits per heavy atom. The Labute approximate surface area is 167 Å². The number of nitrogens with one attached hydrogen (secondary N) is 1. The number of likely N-dealkylation sites (N-methyl/N-ethyl adjacent to an activating group) is 1. The van der Waals surface area contributed by atoms with E-state index in [0.29, 0.717) is 11.4 Å². The lowest BCUT2D eigenvalue weighted by Gasteiger charge is -2.36. The number of piperazine rings is 1. The zero-order chi connectivity index (χ0) is 19.9. The van der Waals surface area contributed by atoms with E-state index in [1.54, 1.807) is 0 Å². The molecule has 0 aliphatic carbocycles. The molecule has 2 aromatic rings. The summed E-state index contributed by atoms with van der Waals surface area (Å²) in [6.45, 7) is 9.21. The molecule has 150 valence electrons. The van der Waals surface area contributed by atoms with E-state index in [4.69, 9.17) is 10.5 Å². The van der Waals surface area contributed by atoms with Crippen LogP contribution in [-0.4, -0.2) is 50.1 Å². The summed E-state index contributed by atoms with van der Waals surface area (Å²) in [5.41, 5.74) is 9.57. The van der Waals surface area contributed by atoms with Crippen molar-refractivity contribution in [2.24, 2.45) is 0 Å². The van der Waals surface area contributed by atoms with Gasteiger partial charge in [0.05, 0.1) is 11.4 Å². The number of carbonyl (C=O) groups excluding carboxylic acids is 1. The minimum Gasteiger partial charge on any atom is -0.484 e. The standard InChI is InChI=1S/C22H30N4O2/c1-3-17-5-8-19(9-6-17)28-16-22(27)24-20-15-18(23)7-10-21(20)26-13-11-25(4-2)12-14-26/h5-10,15H,3-4,11-14,16,23H2,1-2H3,(H,24,27). The predicted molar refractivity (Wildman–Crippen MR) is 115 cm³/mol. The average Bonchev–Trinajstić information content (AvgIpc) is 2.73. The Morgan fingerprint density at radius 1 is 1.07 bits per heavy atom. The van der Waals surface area contributed by atoms with Crippen LogP contribution in [0.15, 0.2) is 42.5 Å². The molecule has 0 atom stereocenters. The van der Waals surface area contributed by atoms with Crippen LogP contribution in [0.3, 0.4) is 0 Å². The second kappa shape index (κ2) is 9.46. The topological polar surface area (TPSA) is 70.8 Å². The van der Waals surface area contributed by atoms with Crippen molar-refractivity contribution < 1.29 is 9.53 Å². The Hall–Kier alpha value is -2.73. The highest BCUT2D eigenvalue weighted by Crippen LogP contribution is 2.29. The van der Waals surface area contributed by atoms with E-state index in [2.05, 4.69) is 29.0 Å². The van der Waals surface area contributed by atoms with Gasteiger partial charge in [-0.1, -0.05) is 26.0 Å². The lowest BCUT2D eigenvalue weighted by molar-refractivity contribution is -0.118. The van der Waals surface area contributed by atoms with E-state index in [0.717, 1.165) is 50.5 Å². The maximum absolute atomic E-state index is 12.4. The van der Waals surface area contributed by atoms with Crippen molar-refractivity contribution in [3.05, 3.63) is 48.0 Å². The van der Waals surface area contributed by atoms with Crippen LogP contribution in [-0.2, 0) is 11.2 Å². The fourth-order valence-electron chi connectivity index (χ4n) is 3.39. The molecule has 0 radical (unpaired) electrons. The van der Waals surface area contributed by atoms with Crippen molar-refractivity contribution in [2.75, 3.05) is 55.3 Å². The number of nitrogens with zero attached hydrogens (tertiary/aromatic N) is 2. The summed E-state index contributed by atoms with van der Waals surface area (Å²) in [4.78, 5) is 17.2. The van der Waals surface area contributed by atoms with Crippen molar-refractivity contribution in [1.82, 2.24) is 4.90 Å². The van der Waals surface area contributed by atoms with E-state index < -0.39 is 0 Å². The zero-order valence-electron chi connectivity index (χ0n) is 16.8. The molecule has 3 rings (SSSR count). The van der Waals surface area contributed by atoms with Crippen LogP contribution in [0.2, 0.25) is 0 Å². The van der Waals surface area contributed by atoms with Crippen molar-refractivity contribution in [1.29, 1.82) is 0 Å². The normalized spacial score (nSPS) is 14.7. The van der Waals surface area contributed by atoms with Crippen LogP contribution >= 0.6 is 0 Å². The van der Waals surface area contributed by atoms with E-state index >= 15 is 0 Å². The second-order valence-corrected chi connectivity index (χ2v) is 7.03. The number of anilines is 3. The molecule has 1 aliphatic heterocycles. The van der Waals surface area contributed by atoms with Gasteiger partial charge in [-0.15, -0.1) is 0 Å². The molecule has 0 saturated carbocycles. The molecule has 0 unspecified atom stereocenters. The summed E-state index contributed by atoms with van der Waals surface area (Å²) in [6, 6.07) is 13.5. The molecule has 0 bridgehead atoms. The highest BCUT2D eigenvalue weighted by Gasteiger charge is 2.19. The van der Waals surface area contributed by atoms with Crippen LogP contribution in [0.25, 0.3) is 0 Å². The highest BCUT2D eigenvalue weighted by molar-refractivity contribution is 5.96. The van der Waals surface area contributed by atoms with Crippen molar-refractivity contribution in [3.8, 4) is 5.75 Å². The third kappa shape index (κ3) is 5.16. The summed E-state index contributed by atoms with van der Waals surface area (Å²) in [5, 5.41) is 2.97. The van der Waals surface area contributed by atoms with Gasteiger partial charge in [-0.2, -0.15) is 0 Å². The van der Waals surface area contributed by atoms with Crippen LogP contribution in [0.1, 0.15) is 19.4 Å². The second-order valence-electron chi connectivity index (χ2n) is 7.03. The van der Waals surface area contributed by atoms with Gasteiger partial charge in [0.25, 0.3) is 5.91 Å². The first kappa shape index (κ1) is 20.0. The maximum atomic E-state index is 12.4. The average molecular weight is 383 g/mol. The Kier molecular flexibility index (Phi) is 6.76. The van der Waals surface area contributed by atoms with Gasteiger partial charge in [0.15, 0.2) is 6.61 Å². The van der Waals surface area contributed by atoms with Gasteiger partial charge in [0, 0.05) is 31.9 Å². The summed E-state index contributed by atoms with van der Waals surface area (Å²) in [6.07, 6.45) is 0.978. The van der Waals surface area contributed by atoms with E-state index in [1.165, 1.54) is 5.56 Å². The number of aryl methyl sites for hydroxylation is 1. The molecule has 1 heterocycles. The van der Waals surface area contributed by atoms with Gasteiger partial charge in [-0.3, -0.25) is 4.79 Å². The molecule has 28 heavy (non-hydrogen) atoms. The third-order valence-corrected chi connectivity index (χ3v) is 5.16. The van der Waals surface area contributed by atoms with Gasteiger partial charge < -0.3 is 25.6 Å². The molecule has 0 spiro atoms. The number of ether oxygens (including phenoxy) is 1. The number of nitrogen functional groups attached to an aromatic ring is 1. The van der Waals surface area contributed by atoms with Crippen LogP contribution < -0.4 is 20.7 Å². The number of hydrogen-bond donors (Lipinski definition) is 2. The number of rotatable bonds is 7. The van der Waals surface area contributed by atoms with Crippen LogP contribution in [0, 0.1) is 0 Å². The summed E-state index contributed by atoms with van der Waals surface area (Å²) < 4.78 is 5.62. The summed E-state index contributed by atoms with van der Waals surface area (Å²) in [7, 11) is 0. The minimum atomic E-state index is -0.196. The Balaban J connectivity index is 1.62.